The predicted molar refractivity (Wildman–Crippen MR) is 106 cm³/mol. The molecule has 4 nitrogen and oxygen atoms in total. The van der Waals surface area contributed by atoms with Gasteiger partial charge in [0.1, 0.15) is 0 Å². The first kappa shape index (κ1) is 18.7. The van der Waals surface area contributed by atoms with Crippen molar-refractivity contribution in [2.24, 2.45) is 5.10 Å². The number of hydrazone groups is 1. The van der Waals surface area contributed by atoms with Crippen LogP contribution >= 0.6 is 0 Å². The van der Waals surface area contributed by atoms with Crippen LogP contribution in [-0.2, 0) is 0 Å². The van der Waals surface area contributed by atoms with Gasteiger partial charge in [-0.05, 0) is 55.2 Å². The third-order valence-electron chi connectivity index (χ3n) is 4.24. The molecular formula is C21H27N3O. The first-order chi connectivity index (χ1) is 12.0. The number of nitrogens with zero attached hydrogens (tertiary/aromatic N) is 2. The Hall–Kier alpha value is -2.62. The molecule has 0 aliphatic rings. The molecule has 1 N–H and O–H groups in total. The van der Waals surface area contributed by atoms with E-state index in [1.165, 1.54) is 11.3 Å². The Morgan fingerprint density at radius 3 is 2.16 bits per heavy atom. The number of amides is 1. The normalized spacial score (nSPS) is 11.1. The summed E-state index contributed by atoms with van der Waals surface area (Å²) in [6.07, 6.45) is 1.66. The number of carbonyl (C=O) groups excluding carboxylic acids is 1. The summed E-state index contributed by atoms with van der Waals surface area (Å²) in [7, 11) is 0. The highest BCUT2D eigenvalue weighted by Gasteiger charge is 2.05. The number of carbonyl (C=O) groups is 1. The van der Waals surface area contributed by atoms with Crippen LogP contribution < -0.4 is 10.3 Å². The molecular weight excluding hydrogens is 310 g/mol. The van der Waals surface area contributed by atoms with Crippen LogP contribution in [0.3, 0.4) is 0 Å². The van der Waals surface area contributed by atoms with Crippen molar-refractivity contribution in [3.05, 3.63) is 65.2 Å². The number of benzene rings is 2. The summed E-state index contributed by atoms with van der Waals surface area (Å²) in [5.74, 6) is 0.251. The van der Waals surface area contributed by atoms with Gasteiger partial charge in [0, 0.05) is 24.3 Å². The Morgan fingerprint density at radius 2 is 1.64 bits per heavy atom. The first-order valence-corrected chi connectivity index (χ1v) is 8.83. The van der Waals surface area contributed by atoms with Crippen molar-refractivity contribution in [2.75, 3.05) is 18.0 Å². The van der Waals surface area contributed by atoms with E-state index in [-0.39, 0.29) is 5.91 Å². The van der Waals surface area contributed by atoms with Crippen LogP contribution in [0.2, 0.25) is 0 Å². The van der Waals surface area contributed by atoms with Crippen LogP contribution in [0.1, 0.15) is 55.1 Å². The van der Waals surface area contributed by atoms with Gasteiger partial charge >= 0.3 is 0 Å². The number of hydrogen-bond donors (Lipinski definition) is 1. The summed E-state index contributed by atoms with van der Waals surface area (Å²) in [4.78, 5) is 14.4. The molecule has 1 amide bonds. The molecule has 0 aromatic heterocycles. The van der Waals surface area contributed by atoms with E-state index in [1.807, 2.05) is 36.4 Å². The Kier molecular flexibility index (Phi) is 6.75. The standard InChI is InChI=1S/C21H27N3O/c1-5-24(6-2)20-13-7-17(8-14-20)15-22-23-21(25)19-11-9-18(10-12-19)16(3)4/h7-16H,5-6H2,1-4H3,(H,23,25). The highest BCUT2D eigenvalue weighted by atomic mass is 16.2. The lowest BCUT2D eigenvalue weighted by atomic mass is 10.0. The molecule has 2 aromatic rings. The van der Waals surface area contributed by atoms with Crippen molar-refractivity contribution < 1.29 is 4.79 Å². The van der Waals surface area contributed by atoms with E-state index in [0.717, 1.165) is 18.7 Å². The van der Waals surface area contributed by atoms with E-state index < -0.39 is 0 Å². The summed E-state index contributed by atoms with van der Waals surface area (Å²) in [5, 5.41) is 4.05. The molecule has 4 heteroatoms. The van der Waals surface area contributed by atoms with Gasteiger partial charge in [0.25, 0.3) is 5.91 Å². The molecule has 2 aromatic carbocycles. The smallest absolute Gasteiger partial charge is 0.271 e. The molecule has 0 saturated heterocycles. The fraction of sp³-hybridized carbons (Fsp3) is 0.333. The first-order valence-electron chi connectivity index (χ1n) is 8.83. The third kappa shape index (κ3) is 5.18. The zero-order chi connectivity index (χ0) is 18.2. The van der Waals surface area contributed by atoms with Crippen molar-refractivity contribution in [3.63, 3.8) is 0 Å². The van der Waals surface area contributed by atoms with Crippen molar-refractivity contribution in [3.8, 4) is 0 Å². The van der Waals surface area contributed by atoms with Gasteiger partial charge in [-0.2, -0.15) is 5.10 Å². The molecule has 0 atom stereocenters. The highest BCUT2D eigenvalue weighted by Crippen LogP contribution is 2.15. The van der Waals surface area contributed by atoms with Crippen molar-refractivity contribution in [2.45, 2.75) is 33.6 Å². The lowest BCUT2D eigenvalue weighted by molar-refractivity contribution is 0.0955. The van der Waals surface area contributed by atoms with Crippen LogP contribution in [-0.4, -0.2) is 25.2 Å². The average molecular weight is 337 g/mol. The molecule has 2 rings (SSSR count). The van der Waals surface area contributed by atoms with Crippen LogP contribution in [0.5, 0.6) is 0 Å². The summed E-state index contributed by atoms with van der Waals surface area (Å²) in [6, 6.07) is 15.8. The SMILES string of the molecule is CCN(CC)c1ccc(C=NNC(=O)c2ccc(C(C)C)cc2)cc1. The van der Waals surface area contributed by atoms with Gasteiger partial charge in [-0.25, -0.2) is 5.43 Å². The van der Waals surface area contributed by atoms with Crippen LogP contribution in [0.4, 0.5) is 5.69 Å². The van der Waals surface area contributed by atoms with Crippen molar-refractivity contribution in [1.82, 2.24) is 5.43 Å². The molecule has 25 heavy (non-hydrogen) atoms. The third-order valence-corrected chi connectivity index (χ3v) is 4.24. The highest BCUT2D eigenvalue weighted by molar-refractivity contribution is 5.94. The number of nitrogens with one attached hydrogen (secondary N) is 1. The fourth-order valence-corrected chi connectivity index (χ4v) is 2.61. The van der Waals surface area contributed by atoms with Gasteiger partial charge in [-0.15, -0.1) is 0 Å². The Bertz CT molecular complexity index is 699. The maximum absolute atomic E-state index is 12.1. The van der Waals surface area contributed by atoms with E-state index >= 15 is 0 Å². The summed E-state index contributed by atoms with van der Waals surface area (Å²) in [6.45, 7) is 10.5. The second-order valence-electron chi connectivity index (χ2n) is 6.24. The topological polar surface area (TPSA) is 44.7 Å². The van der Waals surface area contributed by atoms with Gasteiger partial charge < -0.3 is 4.90 Å². The molecule has 0 bridgehead atoms. The van der Waals surface area contributed by atoms with Crippen LogP contribution in [0.25, 0.3) is 0 Å². The van der Waals surface area contributed by atoms with E-state index in [1.54, 1.807) is 6.21 Å². The predicted octanol–water partition coefficient (Wildman–Crippen LogP) is 4.42. The lowest BCUT2D eigenvalue weighted by Crippen LogP contribution is -2.21. The number of anilines is 1. The summed E-state index contributed by atoms with van der Waals surface area (Å²) >= 11 is 0. The number of hydrogen-bond acceptors (Lipinski definition) is 3. The number of rotatable bonds is 7. The molecule has 0 aliphatic heterocycles. The van der Waals surface area contributed by atoms with E-state index in [4.69, 9.17) is 0 Å². The van der Waals surface area contributed by atoms with Gasteiger partial charge in [0.05, 0.1) is 6.21 Å². The van der Waals surface area contributed by atoms with Crippen molar-refractivity contribution in [1.29, 1.82) is 0 Å². The zero-order valence-electron chi connectivity index (χ0n) is 15.5. The Balaban J connectivity index is 1.94. The largest absolute Gasteiger partial charge is 0.372 e. The monoisotopic (exact) mass is 337 g/mol. The summed E-state index contributed by atoms with van der Waals surface area (Å²) in [5.41, 5.74) is 6.54. The summed E-state index contributed by atoms with van der Waals surface area (Å²) < 4.78 is 0. The second kappa shape index (κ2) is 9.02. The minimum atomic E-state index is -0.202. The molecule has 0 radical (unpaired) electrons. The van der Waals surface area contributed by atoms with E-state index in [2.05, 4.69) is 55.3 Å². The molecule has 0 spiro atoms. The lowest BCUT2D eigenvalue weighted by Gasteiger charge is -2.20. The van der Waals surface area contributed by atoms with Crippen LogP contribution in [0.15, 0.2) is 53.6 Å². The average Bonchev–Trinajstić information content (AvgIpc) is 2.64. The Morgan fingerprint density at radius 1 is 1.04 bits per heavy atom. The van der Waals surface area contributed by atoms with Gasteiger partial charge in [0.2, 0.25) is 0 Å². The van der Waals surface area contributed by atoms with Gasteiger partial charge in [-0.1, -0.05) is 38.1 Å². The molecule has 0 unspecified atom stereocenters. The minimum absolute atomic E-state index is 0.202. The maximum atomic E-state index is 12.1. The fourth-order valence-electron chi connectivity index (χ4n) is 2.61. The molecule has 0 aliphatic carbocycles. The second-order valence-corrected chi connectivity index (χ2v) is 6.24. The Labute approximate surface area is 150 Å². The minimum Gasteiger partial charge on any atom is -0.372 e. The molecule has 0 saturated carbocycles. The van der Waals surface area contributed by atoms with E-state index in [9.17, 15) is 4.79 Å². The molecule has 0 heterocycles. The molecule has 132 valence electrons. The van der Waals surface area contributed by atoms with Gasteiger partial charge in [0.15, 0.2) is 0 Å². The maximum Gasteiger partial charge on any atom is 0.271 e. The van der Waals surface area contributed by atoms with Gasteiger partial charge in [-0.3, -0.25) is 4.79 Å². The molecule has 0 fully saturated rings. The quantitative estimate of drug-likeness (QED) is 0.600. The van der Waals surface area contributed by atoms with E-state index in [0.29, 0.717) is 11.5 Å². The van der Waals surface area contributed by atoms with Crippen molar-refractivity contribution >= 4 is 17.8 Å². The van der Waals surface area contributed by atoms with Crippen LogP contribution in [0, 0.1) is 0 Å². The zero-order valence-corrected chi connectivity index (χ0v) is 15.5.